The number of halogens is 2. The molecule has 3 rings (SSSR count). The van der Waals surface area contributed by atoms with Crippen molar-refractivity contribution >= 4 is 5.69 Å². The summed E-state index contributed by atoms with van der Waals surface area (Å²) in [5.74, 6) is -1.63. The van der Waals surface area contributed by atoms with E-state index < -0.39 is 11.6 Å². The lowest BCUT2D eigenvalue weighted by atomic mass is 10.1. The molecule has 0 radical (unpaired) electrons. The van der Waals surface area contributed by atoms with Gasteiger partial charge in [0.25, 0.3) is 5.89 Å². The van der Waals surface area contributed by atoms with Crippen molar-refractivity contribution in [3.05, 3.63) is 53.6 Å². The number of rotatable bonds is 2. The first-order valence-corrected chi connectivity index (χ1v) is 6.20. The maximum Gasteiger partial charge on any atom is 0.260 e. The number of benzene rings is 2. The van der Waals surface area contributed by atoms with Gasteiger partial charge in [0.05, 0.1) is 5.56 Å². The van der Waals surface area contributed by atoms with Crippen LogP contribution in [-0.2, 0) is 0 Å². The topological polar surface area (TPSA) is 64.9 Å². The molecule has 0 aliphatic carbocycles. The standard InChI is InChI=1S/C15H11F2N3O/c1-8-3-2-4-9(5-8)14-19-15(21-20-14)10-6-11(16)12(17)7-13(10)18/h2-7H,18H2,1H3. The molecule has 1 heterocycles. The van der Waals surface area contributed by atoms with Crippen molar-refractivity contribution in [1.29, 1.82) is 0 Å². The lowest BCUT2D eigenvalue weighted by molar-refractivity contribution is 0.431. The predicted molar refractivity (Wildman–Crippen MR) is 74.2 cm³/mol. The van der Waals surface area contributed by atoms with E-state index in [9.17, 15) is 8.78 Å². The minimum absolute atomic E-state index is 0.0355. The Hall–Kier alpha value is -2.76. The second-order valence-electron chi connectivity index (χ2n) is 4.65. The van der Waals surface area contributed by atoms with Gasteiger partial charge in [-0.25, -0.2) is 8.78 Å². The van der Waals surface area contributed by atoms with Gasteiger partial charge in [0.2, 0.25) is 5.82 Å². The molecule has 0 spiro atoms. The van der Waals surface area contributed by atoms with Gasteiger partial charge in [-0.05, 0) is 19.1 Å². The largest absolute Gasteiger partial charge is 0.398 e. The molecule has 4 nitrogen and oxygen atoms in total. The van der Waals surface area contributed by atoms with E-state index in [2.05, 4.69) is 10.1 Å². The Kier molecular flexibility index (Phi) is 3.13. The van der Waals surface area contributed by atoms with Crippen LogP contribution in [0.15, 0.2) is 40.9 Å². The highest BCUT2D eigenvalue weighted by atomic mass is 19.2. The van der Waals surface area contributed by atoms with Crippen LogP contribution in [0.25, 0.3) is 22.8 Å². The third-order valence-electron chi connectivity index (χ3n) is 3.03. The van der Waals surface area contributed by atoms with Crippen molar-refractivity contribution in [3.63, 3.8) is 0 Å². The average Bonchev–Trinajstić information content (AvgIpc) is 2.92. The van der Waals surface area contributed by atoms with E-state index >= 15 is 0 Å². The Balaban J connectivity index is 2.05. The second-order valence-corrected chi connectivity index (χ2v) is 4.65. The quantitative estimate of drug-likeness (QED) is 0.732. The average molecular weight is 287 g/mol. The van der Waals surface area contributed by atoms with E-state index in [-0.39, 0.29) is 17.1 Å². The summed E-state index contributed by atoms with van der Waals surface area (Å²) in [6.45, 7) is 1.94. The van der Waals surface area contributed by atoms with Crippen LogP contribution in [0.5, 0.6) is 0 Å². The van der Waals surface area contributed by atoms with E-state index in [0.29, 0.717) is 5.82 Å². The van der Waals surface area contributed by atoms with Crippen LogP contribution in [0, 0.1) is 18.6 Å². The molecule has 0 unspecified atom stereocenters. The summed E-state index contributed by atoms with van der Waals surface area (Å²) in [5.41, 5.74) is 7.68. The molecule has 0 bridgehead atoms. The number of hydrogen-bond acceptors (Lipinski definition) is 4. The van der Waals surface area contributed by atoms with Gasteiger partial charge in [-0.2, -0.15) is 4.98 Å². The number of aromatic nitrogens is 2. The number of nitrogens with zero attached hydrogens (tertiary/aromatic N) is 2. The van der Waals surface area contributed by atoms with Gasteiger partial charge >= 0.3 is 0 Å². The van der Waals surface area contributed by atoms with Crippen molar-refractivity contribution < 1.29 is 13.3 Å². The molecule has 0 saturated heterocycles. The molecule has 0 amide bonds. The Bertz CT molecular complexity index is 814. The van der Waals surface area contributed by atoms with Gasteiger partial charge in [-0.15, -0.1) is 0 Å². The molecule has 3 aromatic rings. The molecule has 0 fully saturated rings. The van der Waals surface area contributed by atoms with Gasteiger partial charge in [0, 0.05) is 17.3 Å². The van der Waals surface area contributed by atoms with E-state index in [1.165, 1.54) is 0 Å². The molecular formula is C15H11F2N3O. The maximum absolute atomic E-state index is 13.3. The van der Waals surface area contributed by atoms with Crippen LogP contribution in [0.1, 0.15) is 5.56 Å². The first-order chi connectivity index (χ1) is 10.0. The normalized spacial score (nSPS) is 10.8. The highest BCUT2D eigenvalue weighted by molar-refractivity contribution is 5.71. The SMILES string of the molecule is Cc1cccc(-c2noc(-c3cc(F)c(F)cc3N)n2)c1. The van der Waals surface area contributed by atoms with Crippen LogP contribution < -0.4 is 5.73 Å². The zero-order chi connectivity index (χ0) is 15.0. The van der Waals surface area contributed by atoms with Gasteiger partial charge in [0.1, 0.15) is 0 Å². The third kappa shape index (κ3) is 2.47. The Labute approximate surface area is 119 Å². The molecule has 106 valence electrons. The molecule has 2 N–H and O–H groups in total. The third-order valence-corrected chi connectivity index (χ3v) is 3.03. The number of nitrogens with two attached hydrogens (primary N) is 1. The van der Waals surface area contributed by atoms with Crippen molar-refractivity contribution in [2.75, 3.05) is 5.73 Å². The number of anilines is 1. The van der Waals surface area contributed by atoms with Crippen LogP contribution in [0.3, 0.4) is 0 Å². The van der Waals surface area contributed by atoms with Gasteiger partial charge in [-0.1, -0.05) is 28.9 Å². The van der Waals surface area contributed by atoms with Gasteiger partial charge in [0.15, 0.2) is 11.6 Å². The highest BCUT2D eigenvalue weighted by Gasteiger charge is 2.16. The fourth-order valence-corrected chi connectivity index (χ4v) is 1.98. The van der Waals surface area contributed by atoms with Crippen molar-refractivity contribution in [2.24, 2.45) is 0 Å². The summed E-state index contributed by atoms with van der Waals surface area (Å²) in [6, 6.07) is 9.36. The summed E-state index contributed by atoms with van der Waals surface area (Å²) in [4.78, 5) is 4.18. The first-order valence-electron chi connectivity index (χ1n) is 6.20. The first kappa shape index (κ1) is 13.2. The predicted octanol–water partition coefficient (Wildman–Crippen LogP) is 3.57. The van der Waals surface area contributed by atoms with Crippen LogP contribution in [0.2, 0.25) is 0 Å². The zero-order valence-electron chi connectivity index (χ0n) is 11.1. The molecule has 0 atom stereocenters. The second kappa shape index (κ2) is 4.97. The molecule has 0 aliphatic heterocycles. The molecule has 2 aromatic carbocycles. The van der Waals surface area contributed by atoms with E-state index in [4.69, 9.17) is 10.3 Å². The number of hydrogen-bond donors (Lipinski definition) is 1. The summed E-state index contributed by atoms with van der Waals surface area (Å²) >= 11 is 0. The van der Waals surface area contributed by atoms with Crippen LogP contribution in [0.4, 0.5) is 14.5 Å². The summed E-state index contributed by atoms with van der Waals surface area (Å²) in [7, 11) is 0. The van der Waals surface area contributed by atoms with E-state index in [1.807, 2.05) is 31.2 Å². The molecule has 0 saturated carbocycles. The summed E-state index contributed by atoms with van der Waals surface area (Å²) in [6.07, 6.45) is 0. The lowest BCUT2D eigenvalue weighted by Gasteiger charge is -2.01. The van der Waals surface area contributed by atoms with E-state index in [0.717, 1.165) is 23.3 Å². The molecule has 0 aliphatic rings. The van der Waals surface area contributed by atoms with Crippen molar-refractivity contribution in [2.45, 2.75) is 6.92 Å². The fourth-order valence-electron chi connectivity index (χ4n) is 1.98. The van der Waals surface area contributed by atoms with E-state index in [1.54, 1.807) is 0 Å². The lowest BCUT2D eigenvalue weighted by Crippen LogP contribution is -1.94. The summed E-state index contributed by atoms with van der Waals surface area (Å²) in [5, 5.41) is 3.84. The minimum Gasteiger partial charge on any atom is -0.398 e. The number of aryl methyl sites for hydroxylation is 1. The van der Waals surface area contributed by atoms with Gasteiger partial charge < -0.3 is 10.3 Å². The minimum atomic E-state index is -1.02. The monoisotopic (exact) mass is 287 g/mol. The Morgan fingerprint density at radius 3 is 2.62 bits per heavy atom. The summed E-state index contributed by atoms with van der Waals surface area (Å²) < 4.78 is 31.5. The molecule has 21 heavy (non-hydrogen) atoms. The number of nitrogen functional groups attached to an aromatic ring is 1. The van der Waals surface area contributed by atoms with Crippen molar-refractivity contribution in [1.82, 2.24) is 10.1 Å². The van der Waals surface area contributed by atoms with Gasteiger partial charge in [-0.3, -0.25) is 0 Å². The van der Waals surface area contributed by atoms with Crippen LogP contribution >= 0.6 is 0 Å². The fraction of sp³-hybridized carbons (Fsp3) is 0.0667. The molecule has 6 heteroatoms. The molecular weight excluding hydrogens is 276 g/mol. The smallest absolute Gasteiger partial charge is 0.260 e. The molecule has 1 aromatic heterocycles. The van der Waals surface area contributed by atoms with Crippen molar-refractivity contribution in [3.8, 4) is 22.8 Å². The maximum atomic E-state index is 13.3. The zero-order valence-corrected chi connectivity index (χ0v) is 11.1. The highest BCUT2D eigenvalue weighted by Crippen LogP contribution is 2.28. The van der Waals surface area contributed by atoms with Crippen LogP contribution in [-0.4, -0.2) is 10.1 Å². The Morgan fingerprint density at radius 2 is 1.86 bits per heavy atom. The Morgan fingerprint density at radius 1 is 1.10 bits per heavy atom.